The van der Waals surface area contributed by atoms with Crippen LogP contribution in [0, 0.1) is 12.7 Å². The number of carbonyl (C=O) groups excluding carboxylic acids is 2. The molecule has 8 heteroatoms. The summed E-state index contributed by atoms with van der Waals surface area (Å²) in [6.45, 7) is 1.88. The minimum Gasteiger partial charge on any atom is -0.395 e. The van der Waals surface area contributed by atoms with Crippen molar-refractivity contribution in [2.24, 2.45) is 5.73 Å². The molecule has 3 aromatic carbocycles. The Labute approximate surface area is 190 Å². The summed E-state index contributed by atoms with van der Waals surface area (Å²) >= 11 is 6.41. The molecule has 0 unspecified atom stereocenters. The fourth-order valence-electron chi connectivity index (χ4n) is 3.21. The van der Waals surface area contributed by atoms with Crippen LogP contribution in [-0.2, 0) is 6.54 Å². The number of carbonyl (C=O) groups is 2. The van der Waals surface area contributed by atoms with E-state index in [1.165, 1.54) is 18.2 Å². The van der Waals surface area contributed by atoms with Crippen molar-refractivity contribution in [3.63, 3.8) is 0 Å². The van der Waals surface area contributed by atoms with Crippen molar-refractivity contribution in [2.75, 3.05) is 18.5 Å². The van der Waals surface area contributed by atoms with Gasteiger partial charge in [-0.1, -0.05) is 17.7 Å². The third-order valence-electron chi connectivity index (χ3n) is 4.92. The average molecular weight is 456 g/mol. The molecule has 32 heavy (non-hydrogen) atoms. The summed E-state index contributed by atoms with van der Waals surface area (Å²) < 4.78 is 13.4. The molecule has 0 saturated heterocycles. The second kappa shape index (κ2) is 10.4. The Morgan fingerprint density at radius 1 is 1.06 bits per heavy atom. The van der Waals surface area contributed by atoms with Crippen LogP contribution >= 0.6 is 11.6 Å². The minimum atomic E-state index is -0.381. The van der Waals surface area contributed by atoms with Crippen LogP contribution in [0.1, 0.15) is 37.4 Å². The Kier molecular flexibility index (Phi) is 7.58. The Morgan fingerprint density at radius 2 is 1.84 bits per heavy atom. The van der Waals surface area contributed by atoms with Crippen LogP contribution in [-0.4, -0.2) is 29.9 Å². The van der Waals surface area contributed by atoms with Gasteiger partial charge in [-0.2, -0.15) is 0 Å². The first kappa shape index (κ1) is 23.4. The van der Waals surface area contributed by atoms with Gasteiger partial charge in [-0.25, -0.2) is 4.39 Å². The summed E-state index contributed by atoms with van der Waals surface area (Å²) in [6, 6.07) is 14.0. The second-order valence-corrected chi connectivity index (χ2v) is 7.57. The SMILES string of the molecule is Cc1ccc(C(=O)NCCO)cc1C(=O)c1ccc(Nc2ccc(F)cc2CN)cc1Cl. The van der Waals surface area contributed by atoms with E-state index < -0.39 is 0 Å². The van der Waals surface area contributed by atoms with Gasteiger partial charge in [0.15, 0.2) is 5.78 Å². The van der Waals surface area contributed by atoms with E-state index in [1.807, 2.05) is 0 Å². The van der Waals surface area contributed by atoms with Crippen molar-refractivity contribution < 1.29 is 19.1 Å². The smallest absolute Gasteiger partial charge is 0.251 e. The first-order valence-corrected chi connectivity index (χ1v) is 10.3. The zero-order valence-corrected chi connectivity index (χ0v) is 18.2. The highest BCUT2D eigenvalue weighted by Gasteiger charge is 2.18. The van der Waals surface area contributed by atoms with E-state index in [1.54, 1.807) is 43.3 Å². The van der Waals surface area contributed by atoms with Crippen LogP contribution in [0.3, 0.4) is 0 Å². The zero-order chi connectivity index (χ0) is 23.3. The van der Waals surface area contributed by atoms with E-state index in [2.05, 4.69) is 10.6 Å². The lowest BCUT2D eigenvalue weighted by atomic mass is 9.96. The molecule has 5 N–H and O–H groups in total. The maximum absolute atomic E-state index is 13.4. The predicted molar refractivity (Wildman–Crippen MR) is 123 cm³/mol. The molecule has 0 spiro atoms. The van der Waals surface area contributed by atoms with Crippen LogP contribution in [0.4, 0.5) is 15.8 Å². The summed E-state index contributed by atoms with van der Waals surface area (Å²) in [5.74, 6) is -1.08. The number of aliphatic hydroxyl groups excluding tert-OH is 1. The highest BCUT2D eigenvalue weighted by Crippen LogP contribution is 2.28. The van der Waals surface area contributed by atoms with Gasteiger partial charge < -0.3 is 21.5 Å². The number of ketones is 1. The molecule has 0 aliphatic heterocycles. The molecule has 0 heterocycles. The minimum absolute atomic E-state index is 0.121. The lowest BCUT2D eigenvalue weighted by Crippen LogP contribution is -2.26. The van der Waals surface area contributed by atoms with E-state index >= 15 is 0 Å². The fourth-order valence-corrected chi connectivity index (χ4v) is 3.48. The maximum Gasteiger partial charge on any atom is 0.251 e. The molecule has 3 rings (SSSR count). The summed E-state index contributed by atoms with van der Waals surface area (Å²) in [4.78, 5) is 25.3. The molecule has 6 nitrogen and oxygen atoms in total. The van der Waals surface area contributed by atoms with Gasteiger partial charge in [-0.15, -0.1) is 0 Å². The highest BCUT2D eigenvalue weighted by atomic mass is 35.5. The fraction of sp³-hybridized carbons (Fsp3) is 0.167. The van der Waals surface area contributed by atoms with Gasteiger partial charge in [0.1, 0.15) is 5.82 Å². The van der Waals surface area contributed by atoms with E-state index in [0.717, 1.165) is 0 Å². The van der Waals surface area contributed by atoms with Crippen molar-refractivity contribution in [3.05, 3.63) is 93.3 Å². The lowest BCUT2D eigenvalue weighted by Gasteiger charge is -2.13. The molecule has 0 aromatic heterocycles. The van der Waals surface area contributed by atoms with Crippen LogP contribution < -0.4 is 16.4 Å². The van der Waals surface area contributed by atoms with Gasteiger partial charge in [-0.05, 0) is 66.6 Å². The number of hydrogen-bond donors (Lipinski definition) is 4. The van der Waals surface area contributed by atoms with E-state index in [4.69, 9.17) is 22.4 Å². The predicted octanol–water partition coefficient (Wildman–Crippen LogP) is 3.94. The molecule has 1 amide bonds. The first-order chi connectivity index (χ1) is 15.3. The molecular formula is C24H23ClFN3O3. The van der Waals surface area contributed by atoms with Crippen molar-refractivity contribution >= 4 is 34.7 Å². The number of amides is 1. The normalized spacial score (nSPS) is 10.7. The molecule has 0 saturated carbocycles. The Balaban J connectivity index is 1.86. The standard InChI is InChI=1S/C24H23ClFN3O3/c1-14-2-3-15(24(32)28-8-9-30)11-20(14)23(31)19-6-5-18(12-21(19)25)29-22-7-4-17(26)10-16(22)13-27/h2-7,10-12,29-30H,8-9,13,27H2,1H3,(H,28,32). The third kappa shape index (κ3) is 5.31. The Bertz CT molecular complexity index is 1170. The number of halogens is 2. The van der Waals surface area contributed by atoms with E-state index in [0.29, 0.717) is 33.6 Å². The van der Waals surface area contributed by atoms with Crippen molar-refractivity contribution in [2.45, 2.75) is 13.5 Å². The van der Waals surface area contributed by atoms with Crippen LogP contribution in [0.5, 0.6) is 0 Å². The number of nitrogens with two attached hydrogens (primary N) is 1. The van der Waals surface area contributed by atoms with E-state index in [-0.39, 0.29) is 47.8 Å². The molecule has 0 aliphatic rings. The highest BCUT2D eigenvalue weighted by molar-refractivity contribution is 6.35. The zero-order valence-electron chi connectivity index (χ0n) is 17.4. The topological polar surface area (TPSA) is 104 Å². The monoisotopic (exact) mass is 455 g/mol. The van der Waals surface area contributed by atoms with Gasteiger partial charge in [0.2, 0.25) is 0 Å². The molecule has 0 radical (unpaired) electrons. The number of nitrogens with one attached hydrogen (secondary N) is 2. The van der Waals surface area contributed by atoms with Gasteiger partial charge >= 0.3 is 0 Å². The van der Waals surface area contributed by atoms with Gasteiger partial charge in [0.25, 0.3) is 5.91 Å². The molecule has 0 aliphatic carbocycles. The summed E-state index contributed by atoms with van der Waals surface area (Å²) in [7, 11) is 0. The van der Waals surface area contributed by atoms with Crippen molar-refractivity contribution in [3.8, 4) is 0 Å². The summed E-state index contributed by atoms with van der Waals surface area (Å²) in [5, 5.41) is 14.8. The lowest BCUT2D eigenvalue weighted by molar-refractivity contribution is 0.0944. The van der Waals surface area contributed by atoms with Crippen LogP contribution in [0.25, 0.3) is 0 Å². The number of anilines is 2. The summed E-state index contributed by atoms with van der Waals surface area (Å²) in [5.41, 5.74) is 9.20. The summed E-state index contributed by atoms with van der Waals surface area (Å²) in [6.07, 6.45) is 0. The molecule has 0 fully saturated rings. The molecule has 3 aromatic rings. The van der Waals surface area contributed by atoms with Gasteiger partial charge in [0, 0.05) is 41.2 Å². The van der Waals surface area contributed by atoms with Crippen LogP contribution in [0.2, 0.25) is 5.02 Å². The van der Waals surface area contributed by atoms with Gasteiger partial charge in [-0.3, -0.25) is 9.59 Å². The van der Waals surface area contributed by atoms with Gasteiger partial charge in [0.05, 0.1) is 11.6 Å². The molecular weight excluding hydrogens is 433 g/mol. The van der Waals surface area contributed by atoms with Crippen molar-refractivity contribution in [1.29, 1.82) is 0 Å². The average Bonchev–Trinajstić information content (AvgIpc) is 2.78. The molecule has 0 atom stereocenters. The Hall–Kier alpha value is -3.26. The van der Waals surface area contributed by atoms with Crippen molar-refractivity contribution in [1.82, 2.24) is 5.32 Å². The Morgan fingerprint density at radius 3 is 2.53 bits per heavy atom. The van der Waals surface area contributed by atoms with Crippen LogP contribution in [0.15, 0.2) is 54.6 Å². The van der Waals surface area contributed by atoms with E-state index in [9.17, 15) is 14.0 Å². The quantitative estimate of drug-likeness (QED) is 0.385. The second-order valence-electron chi connectivity index (χ2n) is 7.16. The largest absolute Gasteiger partial charge is 0.395 e. The number of benzene rings is 3. The molecule has 0 bridgehead atoms. The first-order valence-electron chi connectivity index (χ1n) is 9.93. The number of hydrogen-bond acceptors (Lipinski definition) is 5. The maximum atomic E-state index is 13.4. The number of aliphatic hydroxyl groups is 1. The molecule has 166 valence electrons. The third-order valence-corrected chi connectivity index (χ3v) is 5.23. The number of rotatable bonds is 8. The number of aryl methyl sites for hydroxylation is 1.